The van der Waals surface area contributed by atoms with Crippen molar-refractivity contribution in [1.29, 1.82) is 0 Å². The first kappa shape index (κ1) is 11.8. The molecule has 1 aromatic rings. The molecule has 4 nitrogen and oxygen atoms in total. The summed E-state index contributed by atoms with van der Waals surface area (Å²) in [4.78, 5) is 11.5. The number of phenolic OH excluding ortho intramolecular Hbond substituents is 1. The van der Waals surface area contributed by atoms with E-state index in [2.05, 4.69) is 15.9 Å². The van der Waals surface area contributed by atoms with E-state index in [1.807, 2.05) is 0 Å². The Bertz CT molecular complexity index is 376. The lowest BCUT2D eigenvalue weighted by Gasteiger charge is -2.09. The number of rotatable bonds is 3. The zero-order valence-corrected chi connectivity index (χ0v) is 10.00. The van der Waals surface area contributed by atoms with Crippen molar-refractivity contribution in [2.24, 2.45) is 0 Å². The number of carbonyl (C=O) groups is 1. The lowest BCUT2D eigenvalue weighted by Crippen LogP contribution is -2.07. The van der Waals surface area contributed by atoms with Gasteiger partial charge in [-0.15, -0.1) is 0 Å². The smallest absolute Gasteiger partial charge is 0.345 e. The minimum absolute atomic E-state index is 0.0440. The summed E-state index contributed by atoms with van der Waals surface area (Å²) < 4.78 is 10.4. The van der Waals surface area contributed by atoms with Crippen molar-refractivity contribution < 1.29 is 19.4 Å². The summed E-state index contributed by atoms with van der Waals surface area (Å²) in [6.45, 7) is 1.94. The van der Waals surface area contributed by atoms with E-state index in [-0.39, 0.29) is 23.7 Å². The minimum atomic E-state index is -0.598. The predicted octanol–water partition coefficient (Wildman–Crippen LogP) is 2.34. The summed E-state index contributed by atoms with van der Waals surface area (Å²) in [5, 5.41) is 9.59. The lowest BCUT2D eigenvalue weighted by atomic mass is 10.2. The van der Waals surface area contributed by atoms with Crippen LogP contribution in [0.25, 0.3) is 0 Å². The first-order chi connectivity index (χ1) is 7.10. The zero-order valence-electron chi connectivity index (χ0n) is 8.41. The van der Waals surface area contributed by atoms with Crippen LogP contribution in [0.1, 0.15) is 17.3 Å². The lowest BCUT2D eigenvalue weighted by molar-refractivity contribution is 0.0519. The van der Waals surface area contributed by atoms with Crippen molar-refractivity contribution in [2.75, 3.05) is 13.7 Å². The quantitative estimate of drug-likeness (QED) is 0.860. The fraction of sp³-hybridized carbons (Fsp3) is 0.300. The van der Waals surface area contributed by atoms with Gasteiger partial charge in [-0.2, -0.15) is 0 Å². The third kappa shape index (κ3) is 2.62. The Labute approximate surface area is 95.9 Å². The second-order valence-corrected chi connectivity index (χ2v) is 3.64. The maximum atomic E-state index is 11.5. The molecule has 0 saturated carbocycles. The molecule has 82 valence electrons. The predicted molar refractivity (Wildman–Crippen MR) is 58.3 cm³/mol. The molecule has 0 bridgehead atoms. The molecule has 0 atom stereocenters. The Hall–Kier alpha value is -1.23. The van der Waals surface area contributed by atoms with Crippen molar-refractivity contribution in [3.8, 4) is 11.5 Å². The van der Waals surface area contributed by atoms with Crippen LogP contribution in [0.2, 0.25) is 0 Å². The molecule has 15 heavy (non-hydrogen) atoms. The SMILES string of the molecule is CCOC(=O)c1c(O)cc(Br)cc1OC. The Morgan fingerprint density at radius 1 is 1.53 bits per heavy atom. The molecule has 0 saturated heterocycles. The number of hydrogen-bond acceptors (Lipinski definition) is 4. The van der Waals surface area contributed by atoms with Gasteiger partial charge in [-0.05, 0) is 19.1 Å². The van der Waals surface area contributed by atoms with E-state index in [1.54, 1.807) is 13.0 Å². The molecule has 0 aliphatic heterocycles. The van der Waals surface area contributed by atoms with E-state index < -0.39 is 5.97 Å². The third-order valence-electron chi connectivity index (χ3n) is 1.75. The summed E-state index contributed by atoms with van der Waals surface area (Å²) in [7, 11) is 1.42. The van der Waals surface area contributed by atoms with Gasteiger partial charge in [0.25, 0.3) is 0 Å². The van der Waals surface area contributed by atoms with Gasteiger partial charge >= 0.3 is 5.97 Å². The number of phenols is 1. The maximum Gasteiger partial charge on any atom is 0.345 e. The van der Waals surface area contributed by atoms with E-state index in [1.165, 1.54) is 13.2 Å². The molecule has 1 N–H and O–H groups in total. The molecule has 0 aliphatic carbocycles. The number of halogens is 1. The van der Waals surface area contributed by atoms with Gasteiger partial charge in [-0.25, -0.2) is 4.79 Å². The highest BCUT2D eigenvalue weighted by Gasteiger charge is 2.19. The highest BCUT2D eigenvalue weighted by molar-refractivity contribution is 9.10. The molecule has 0 aromatic heterocycles. The van der Waals surface area contributed by atoms with Crippen LogP contribution in [0, 0.1) is 0 Å². The van der Waals surface area contributed by atoms with Gasteiger partial charge in [-0.3, -0.25) is 0 Å². The first-order valence-electron chi connectivity index (χ1n) is 4.33. The van der Waals surface area contributed by atoms with Gasteiger partial charge in [0.1, 0.15) is 17.1 Å². The van der Waals surface area contributed by atoms with Crippen LogP contribution in [-0.4, -0.2) is 24.8 Å². The monoisotopic (exact) mass is 274 g/mol. The van der Waals surface area contributed by atoms with Crippen LogP contribution in [0.4, 0.5) is 0 Å². The van der Waals surface area contributed by atoms with Crippen molar-refractivity contribution in [2.45, 2.75) is 6.92 Å². The van der Waals surface area contributed by atoms with Crippen molar-refractivity contribution in [3.63, 3.8) is 0 Å². The number of esters is 1. The summed E-state index contributed by atoms with van der Waals surface area (Å²) in [5.41, 5.74) is 0.0440. The molecule has 0 amide bonds. The molecule has 1 rings (SSSR count). The van der Waals surface area contributed by atoms with E-state index in [4.69, 9.17) is 9.47 Å². The molecule has 0 aliphatic rings. The van der Waals surface area contributed by atoms with E-state index in [9.17, 15) is 9.90 Å². The Morgan fingerprint density at radius 3 is 2.73 bits per heavy atom. The molecule has 5 heteroatoms. The number of methoxy groups -OCH3 is 1. The first-order valence-corrected chi connectivity index (χ1v) is 5.13. The number of aromatic hydroxyl groups is 1. The van der Waals surface area contributed by atoms with Crippen molar-refractivity contribution in [1.82, 2.24) is 0 Å². The highest BCUT2D eigenvalue weighted by atomic mass is 79.9. The maximum absolute atomic E-state index is 11.5. The zero-order chi connectivity index (χ0) is 11.4. The average Bonchev–Trinajstić information content (AvgIpc) is 2.16. The third-order valence-corrected chi connectivity index (χ3v) is 2.20. The summed E-state index contributed by atoms with van der Waals surface area (Å²) in [6.07, 6.45) is 0. The van der Waals surface area contributed by atoms with E-state index in [0.29, 0.717) is 4.47 Å². The number of hydrogen-bond donors (Lipinski definition) is 1. The molecular formula is C10H11BrO4. The van der Waals surface area contributed by atoms with Gasteiger partial charge in [0.15, 0.2) is 0 Å². The Kier molecular flexibility index (Phi) is 3.96. The summed E-state index contributed by atoms with van der Waals surface area (Å²) >= 11 is 3.18. The number of benzene rings is 1. The van der Waals surface area contributed by atoms with Crippen LogP contribution in [0.5, 0.6) is 11.5 Å². The molecule has 0 unspecified atom stereocenters. The topological polar surface area (TPSA) is 55.8 Å². The van der Waals surface area contributed by atoms with E-state index >= 15 is 0 Å². The fourth-order valence-corrected chi connectivity index (χ4v) is 1.56. The molecule has 0 fully saturated rings. The molecule has 0 radical (unpaired) electrons. The Balaban J connectivity index is 3.20. The van der Waals surface area contributed by atoms with Crippen LogP contribution in [0.3, 0.4) is 0 Å². The average molecular weight is 275 g/mol. The number of carbonyl (C=O) groups excluding carboxylic acids is 1. The van der Waals surface area contributed by atoms with Crippen LogP contribution < -0.4 is 4.74 Å². The fourth-order valence-electron chi connectivity index (χ4n) is 1.14. The Morgan fingerprint density at radius 2 is 2.20 bits per heavy atom. The highest BCUT2D eigenvalue weighted by Crippen LogP contribution is 2.32. The largest absolute Gasteiger partial charge is 0.507 e. The normalized spacial score (nSPS) is 9.80. The summed E-state index contributed by atoms with van der Waals surface area (Å²) in [6, 6.07) is 3.00. The van der Waals surface area contributed by atoms with Crippen molar-refractivity contribution in [3.05, 3.63) is 22.2 Å². The molecule has 1 aromatic carbocycles. The molecular weight excluding hydrogens is 264 g/mol. The standard InChI is InChI=1S/C10H11BrO4/c1-3-15-10(13)9-7(12)4-6(11)5-8(9)14-2/h4-5,12H,3H2,1-2H3. The van der Waals surface area contributed by atoms with Gasteiger partial charge in [-0.1, -0.05) is 15.9 Å². The van der Waals surface area contributed by atoms with Gasteiger partial charge < -0.3 is 14.6 Å². The van der Waals surface area contributed by atoms with E-state index in [0.717, 1.165) is 0 Å². The molecule has 0 heterocycles. The van der Waals surface area contributed by atoms with Gasteiger partial charge in [0, 0.05) is 4.47 Å². The second kappa shape index (κ2) is 5.02. The van der Waals surface area contributed by atoms with Crippen molar-refractivity contribution >= 4 is 21.9 Å². The summed E-state index contributed by atoms with van der Waals surface area (Å²) in [5.74, 6) is -0.487. The minimum Gasteiger partial charge on any atom is -0.507 e. The van der Waals surface area contributed by atoms with Crippen LogP contribution in [0.15, 0.2) is 16.6 Å². The molecule has 0 spiro atoms. The number of ether oxygens (including phenoxy) is 2. The second-order valence-electron chi connectivity index (χ2n) is 2.72. The van der Waals surface area contributed by atoms with Gasteiger partial charge in [0.05, 0.1) is 13.7 Å². The van der Waals surface area contributed by atoms with Gasteiger partial charge in [0.2, 0.25) is 0 Å². The van der Waals surface area contributed by atoms with Crippen LogP contribution in [-0.2, 0) is 4.74 Å². The van der Waals surface area contributed by atoms with Crippen LogP contribution >= 0.6 is 15.9 Å².